The van der Waals surface area contributed by atoms with E-state index in [1.807, 2.05) is 41.7 Å². The van der Waals surface area contributed by atoms with Crippen LogP contribution in [0.5, 0.6) is 5.75 Å². The molecular formula is C20H18BrClN4O. The van der Waals surface area contributed by atoms with Crippen LogP contribution < -0.4 is 4.74 Å². The lowest BCUT2D eigenvalue weighted by molar-refractivity contribution is 0.309. The number of ether oxygens (including phenoxy) is 1. The quantitative estimate of drug-likeness (QED) is 0.362. The third kappa shape index (κ3) is 3.28. The van der Waals surface area contributed by atoms with Crippen LogP contribution in [-0.2, 0) is 0 Å². The second kappa shape index (κ2) is 7.44. The van der Waals surface area contributed by atoms with Crippen molar-refractivity contribution in [1.82, 2.24) is 19.6 Å². The molecule has 27 heavy (non-hydrogen) atoms. The van der Waals surface area contributed by atoms with Crippen molar-refractivity contribution in [1.29, 1.82) is 0 Å². The third-order valence-electron chi connectivity index (χ3n) is 4.49. The van der Waals surface area contributed by atoms with Crippen molar-refractivity contribution in [2.75, 3.05) is 6.61 Å². The van der Waals surface area contributed by atoms with Crippen molar-refractivity contribution in [2.24, 2.45) is 0 Å². The minimum absolute atomic E-state index is 0.648. The van der Waals surface area contributed by atoms with Gasteiger partial charge in [0.05, 0.1) is 23.3 Å². The molecule has 0 radical (unpaired) electrons. The lowest BCUT2D eigenvalue weighted by Crippen LogP contribution is -1.99. The first-order chi connectivity index (χ1) is 13.1. The number of aromatic nitrogens is 4. The van der Waals surface area contributed by atoms with Gasteiger partial charge >= 0.3 is 0 Å². The van der Waals surface area contributed by atoms with Crippen molar-refractivity contribution in [2.45, 2.75) is 26.7 Å². The zero-order valence-corrected chi connectivity index (χ0v) is 17.4. The summed E-state index contributed by atoms with van der Waals surface area (Å²) in [4.78, 5) is 4.81. The molecule has 0 fully saturated rings. The zero-order chi connectivity index (χ0) is 19.0. The molecule has 0 unspecified atom stereocenters. The van der Waals surface area contributed by atoms with E-state index in [9.17, 15) is 0 Å². The van der Waals surface area contributed by atoms with Gasteiger partial charge in [-0.2, -0.15) is 0 Å². The summed E-state index contributed by atoms with van der Waals surface area (Å²) < 4.78 is 8.74. The zero-order valence-electron chi connectivity index (χ0n) is 15.0. The molecule has 0 aliphatic heterocycles. The van der Waals surface area contributed by atoms with Crippen molar-refractivity contribution < 1.29 is 4.74 Å². The van der Waals surface area contributed by atoms with Gasteiger partial charge in [-0.25, -0.2) is 4.98 Å². The largest absolute Gasteiger partial charge is 0.494 e. The van der Waals surface area contributed by atoms with Crippen LogP contribution in [0.15, 0.2) is 41.1 Å². The van der Waals surface area contributed by atoms with Crippen LogP contribution in [0.2, 0.25) is 5.02 Å². The van der Waals surface area contributed by atoms with E-state index in [2.05, 4.69) is 33.1 Å². The van der Waals surface area contributed by atoms with Crippen LogP contribution in [0, 0.1) is 6.92 Å². The smallest absolute Gasteiger partial charge is 0.182 e. The van der Waals surface area contributed by atoms with Crippen LogP contribution in [0.25, 0.3) is 27.8 Å². The molecule has 0 bridgehead atoms. The second-order valence-corrected chi connectivity index (χ2v) is 7.62. The summed E-state index contributed by atoms with van der Waals surface area (Å²) in [5, 5.41) is 8.83. The Morgan fingerprint density at radius 2 is 2.07 bits per heavy atom. The molecule has 0 N–H and O–H groups in total. The van der Waals surface area contributed by atoms with Gasteiger partial charge in [0.1, 0.15) is 12.1 Å². The van der Waals surface area contributed by atoms with Gasteiger partial charge in [-0.15, -0.1) is 10.2 Å². The van der Waals surface area contributed by atoms with Crippen molar-refractivity contribution in [3.8, 4) is 16.9 Å². The molecule has 7 heteroatoms. The van der Waals surface area contributed by atoms with Crippen molar-refractivity contribution >= 4 is 44.2 Å². The summed E-state index contributed by atoms with van der Waals surface area (Å²) in [6, 6.07) is 9.74. The van der Waals surface area contributed by atoms with E-state index in [-0.39, 0.29) is 0 Å². The second-order valence-electron chi connectivity index (χ2n) is 6.36. The van der Waals surface area contributed by atoms with Crippen LogP contribution in [0.4, 0.5) is 0 Å². The maximum absolute atomic E-state index is 6.57. The van der Waals surface area contributed by atoms with E-state index in [1.165, 1.54) is 0 Å². The molecular weight excluding hydrogens is 428 g/mol. The fraction of sp³-hybridized carbons (Fsp3) is 0.250. The highest BCUT2D eigenvalue weighted by Crippen LogP contribution is 2.40. The number of benzene rings is 2. The fourth-order valence-corrected chi connectivity index (χ4v) is 3.86. The molecule has 0 saturated carbocycles. The minimum Gasteiger partial charge on any atom is -0.494 e. The number of rotatable bonds is 5. The van der Waals surface area contributed by atoms with Gasteiger partial charge in [0.25, 0.3) is 0 Å². The lowest BCUT2D eigenvalue weighted by atomic mass is 10.0. The Labute approximate surface area is 170 Å². The summed E-state index contributed by atoms with van der Waals surface area (Å²) >= 11 is 10.2. The first kappa shape index (κ1) is 18.2. The summed E-state index contributed by atoms with van der Waals surface area (Å²) in [6.07, 6.45) is 3.81. The average Bonchev–Trinajstić information content (AvgIpc) is 3.14. The summed E-state index contributed by atoms with van der Waals surface area (Å²) in [5.41, 5.74) is 5.12. The highest BCUT2D eigenvalue weighted by molar-refractivity contribution is 9.10. The van der Waals surface area contributed by atoms with Crippen molar-refractivity contribution in [3.63, 3.8) is 0 Å². The molecule has 0 aliphatic rings. The summed E-state index contributed by atoms with van der Waals surface area (Å²) in [6.45, 7) is 4.76. The number of fused-ring (bicyclic) bond motifs is 3. The topological polar surface area (TPSA) is 52.3 Å². The molecule has 2 heterocycles. The van der Waals surface area contributed by atoms with E-state index in [0.717, 1.165) is 56.6 Å². The molecule has 4 rings (SSSR count). The van der Waals surface area contributed by atoms with Crippen molar-refractivity contribution in [3.05, 3.63) is 51.8 Å². The molecule has 0 spiro atoms. The predicted octanol–water partition coefficient (Wildman–Crippen LogP) is 5.85. The Balaban J connectivity index is 1.94. The maximum Gasteiger partial charge on any atom is 0.182 e. The number of aryl methyl sites for hydroxylation is 1. The third-order valence-corrected chi connectivity index (χ3v) is 5.48. The van der Waals surface area contributed by atoms with Gasteiger partial charge < -0.3 is 4.74 Å². The van der Waals surface area contributed by atoms with Gasteiger partial charge in [0.15, 0.2) is 5.65 Å². The number of hydrogen-bond donors (Lipinski definition) is 0. The number of halogens is 2. The van der Waals surface area contributed by atoms with E-state index >= 15 is 0 Å². The molecule has 2 aromatic heterocycles. The lowest BCUT2D eigenvalue weighted by Gasteiger charge is -2.14. The molecule has 4 aromatic rings. The number of hydrogen-bond acceptors (Lipinski definition) is 4. The highest BCUT2D eigenvalue weighted by Gasteiger charge is 2.17. The summed E-state index contributed by atoms with van der Waals surface area (Å²) in [5.74, 6) is 0.800. The monoisotopic (exact) mass is 444 g/mol. The van der Waals surface area contributed by atoms with E-state index in [4.69, 9.17) is 21.3 Å². The molecule has 2 aromatic carbocycles. The van der Waals surface area contributed by atoms with Gasteiger partial charge in [-0.3, -0.25) is 4.40 Å². The van der Waals surface area contributed by atoms with Crippen LogP contribution in [0.3, 0.4) is 0 Å². The Bertz CT molecular complexity index is 1140. The van der Waals surface area contributed by atoms with E-state index in [0.29, 0.717) is 11.6 Å². The van der Waals surface area contributed by atoms with Gasteiger partial charge in [0.2, 0.25) is 0 Å². The normalized spacial score (nSPS) is 11.4. The van der Waals surface area contributed by atoms with Crippen LogP contribution in [-0.4, -0.2) is 26.2 Å². The number of unbranched alkanes of at least 4 members (excludes halogenated alkanes) is 1. The molecule has 0 atom stereocenters. The summed E-state index contributed by atoms with van der Waals surface area (Å²) in [7, 11) is 0. The minimum atomic E-state index is 0.648. The van der Waals surface area contributed by atoms with Gasteiger partial charge in [0, 0.05) is 20.6 Å². The first-order valence-corrected chi connectivity index (χ1v) is 9.98. The highest BCUT2D eigenvalue weighted by atomic mass is 79.9. The van der Waals surface area contributed by atoms with Crippen LogP contribution >= 0.6 is 27.5 Å². The maximum atomic E-state index is 6.57. The average molecular weight is 446 g/mol. The predicted molar refractivity (Wildman–Crippen MR) is 112 cm³/mol. The standard InChI is InChI=1S/C20H18BrClN4O/c1-3-4-9-27-13-5-7-16(22)14(10-13)18-15(21)6-8-17-19(18)24-12(2)20-25-23-11-26(17)20/h5-8,10-11H,3-4,9H2,1-2H3. The Hall–Kier alpha value is -2.18. The van der Waals surface area contributed by atoms with Crippen LogP contribution in [0.1, 0.15) is 25.5 Å². The fourth-order valence-electron chi connectivity index (χ4n) is 3.12. The first-order valence-electron chi connectivity index (χ1n) is 8.81. The molecule has 0 amide bonds. The van der Waals surface area contributed by atoms with E-state index in [1.54, 1.807) is 6.33 Å². The molecule has 0 saturated heterocycles. The Morgan fingerprint density at radius 3 is 2.89 bits per heavy atom. The number of nitrogens with zero attached hydrogens (tertiary/aromatic N) is 4. The Kier molecular flexibility index (Phi) is 5.02. The van der Waals surface area contributed by atoms with E-state index < -0.39 is 0 Å². The Morgan fingerprint density at radius 1 is 1.22 bits per heavy atom. The van der Waals surface area contributed by atoms with Gasteiger partial charge in [-0.1, -0.05) is 40.9 Å². The molecule has 0 aliphatic carbocycles. The van der Waals surface area contributed by atoms with Gasteiger partial charge in [-0.05, 0) is 43.7 Å². The molecule has 138 valence electrons. The molecule has 5 nitrogen and oxygen atoms in total. The SMILES string of the molecule is CCCCOc1ccc(Cl)c(-c2c(Br)ccc3c2nc(C)c2nncn23)c1.